The first-order valence-corrected chi connectivity index (χ1v) is 7.03. The highest BCUT2D eigenvalue weighted by Crippen LogP contribution is 2.39. The molecule has 1 aliphatic heterocycles. The summed E-state index contributed by atoms with van der Waals surface area (Å²) in [5.41, 5.74) is -1.24. The van der Waals surface area contributed by atoms with E-state index in [9.17, 15) is 20.4 Å². The van der Waals surface area contributed by atoms with E-state index in [-0.39, 0.29) is 5.69 Å². The van der Waals surface area contributed by atoms with E-state index in [1.165, 1.54) is 0 Å². The van der Waals surface area contributed by atoms with Crippen molar-refractivity contribution in [3.05, 3.63) is 36.0 Å². The first-order valence-electron chi connectivity index (χ1n) is 6.72. The maximum Gasteiger partial charge on any atom is 0.207 e. The Morgan fingerprint density at radius 3 is 2.64 bits per heavy atom. The Labute approximate surface area is 130 Å². The lowest BCUT2D eigenvalue weighted by molar-refractivity contribution is -0.319. The van der Waals surface area contributed by atoms with E-state index in [4.69, 9.17) is 16.6 Å². The third kappa shape index (κ3) is 2.22. The van der Waals surface area contributed by atoms with Gasteiger partial charge in [-0.3, -0.25) is 0 Å². The van der Waals surface area contributed by atoms with Gasteiger partial charge in [-0.15, -0.1) is 0 Å². The SMILES string of the molecule is OC[C@H]1O[C@@H](OCl)[C@H](O)[C@](O)(c2cc3ccccc3[nH]2)[C@H]1O. The molecule has 0 radical (unpaired) electrons. The summed E-state index contributed by atoms with van der Waals surface area (Å²) in [7, 11) is 0. The number of aromatic amines is 1. The van der Waals surface area contributed by atoms with Crippen LogP contribution in [0.15, 0.2) is 30.3 Å². The van der Waals surface area contributed by atoms with Crippen molar-refractivity contribution in [3.8, 4) is 0 Å². The standard InChI is InChI=1S/C14H16ClNO6/c15-22-13-12(19)14(20,11(18)9(6-17)21-13)10-5-7-3-1-2-4-8(7)16-10/h1-5,9,11-13,16-20H,6H2/t9-,11+,12+,13+,14+/m1/s1. The second-order valence-electron chi connectivity index (χ2n) is 5.30. The van der Waals surface area contributed by atoms with Gasteiger partial charge in [0.2, 0.25) is 6.29 Å². The van der Waals surface area contributed by atoms with Crippen LogP contribution in [0.3, 0.4) is 0 Å². The quantitative estimate of drug-likeness (QED) is 0.540. The lowest BCUT2D eigenvalue weighted by atomic mass is 9.81. The summed E-state index contributed by atoms with van der Waals surface area (Å²) in [4.78, 5) is 2.95. The van der Waals surface area contributed by atoms with Gasteiger partial charge in [0, 0.05) is 5.52 Å². The minimum atomic E-state index is -2.13. The van der Waals surface area contributed by atoms with Gasteiger partial charge >= 0.3 is 0 Å². The van der Waals surface area contributed by atoms with Crippen LogP contribution in [0.1, 0.15) is 5.69 Å². The molecule has 0 spiro atoms. The number of hydrogen-bond donors (Lipinski definition) is 5. The number of para-hydroxylation sites is 1. The van der Waals surface area contributed by atoms with E-state index in [1.54, 1.807) is 12.1 Å². The minimum Gasteiger partial charge on any atom is -0.394 e. The van der Waals surface area contributed by atoms with Crippen LogP contribution in [-0.4, -0.2) is 56.6 Å². The fourth-order valence-corrected chi connectivity index (χ4v) is 2.95. The Hall–Kier alpha value is -1.19. The number of rotatable bonds is 3. The van der Waals surface area contributed by atoms with Crippen LogP contribution in [0.5, 0.6) is 0 Å². The molecule has 7 nitrogen and oxygen atoms in total. The van der Waals surface area contributed by atoms with Gasteiger partial charge in [0.15, 0.2) is 5.60 Å². The number of aliphatic hydroxyl groups is 4. The number of H-pyrrole nitrogens is 1. The summed E-state index contributed by atoms with van der Waals surface area (Å²) in [6.07, 6.45) is -5.80. The number of halogens is 1. The molecular formula is C14H16ClNO6. The molecule has 1 aromatic heterocycles. The highest BCUT2D eigenvalue weighted by Gasteiger charge is 2.57. The largest absolute Gasteiger partial charge is 0.394 e. The Balaban J connectivity index is 2.10. The minimum absolute atomic E-state index is 0.175. The van der Waals surface area contributed by atoms with Gasteiger partial charge in [-0.1, -0.05) is 18.2 Å². The van der Waals surface area contributed by atoms with Gasteiger partial charge < -0.3 is 30.1 Å². The van der Waals surface area contributed by atoms with Crippen molar-refractivity contribution in [1.29, 1.82) is 0 Å². The molecule has 5 atom stereocenters. The molecule has 0 unspecified atom stereocenters. The fourth-order valence-electron chi connectivity index (χ4n) is 2.81. The molecular weight excluding hydrogens is 314 g/mol. The average molecular weight is 330 g/mol. The molecule has 120 valence electrons. The average Bonchev–Trinajstić information content (AvgIpc) is 2.97. The molecule has 1 aromatic carbocycles. The van der Waals surface area contributed by atoms with E-state index in [1.807, 2.05) is 18.2 Å². The topological polar surface area (TPSA) is 115 Å². The summed E-state index contributed by atoms with van der Waals surface area (Å²) in [5.74, 6) is 0. The number of benzene rings is 1. The molecule has 22 heavy (non-hydrogen) atoms. The van der Waals surface area contributed by atoms with Gasteiger partial charge in [0.25, 0.3) is 0 Å². The molecule has 5 N–H and O–H groups in total. The van der Waals surface area contributed by atoms with Crippen LogP contribution in [0.2, 0.25) is 0 Å². The smallest absolute Gasteiger partial charge is 0.207 e. The van der Waals surface area contributed by atoms with Crippen LogP contribution in [0.25, 0.3) is 10.9 Å². The Morgan fingerprint density at radius 1 is 1.27 bits per heavy atom. The summed E-state index contributed by atoms with van der Waals surface area (Å²) in [6.45, 7) is -0.576. The third-order valence-electron chi connectivity index (χ3n) is 4.05. The van der Waals surface area contributed by atoms with Crippen LogP contribution < -0.4 is 0 Å². The second kappa shape index (κ2) is 5.78. The molecule has 1 saturated heterocycles. The Kier molecular flexibility index (Phi) is 4.13. The molecule has 1 aliphatic rings. The van der Waals surface area contributed by atoms with Crippen molar-refractivity contribution in [1.82, 2.24) is 4.98 Å². The highest BCUT2D eigenvalue weighted by atomic mass is 35.5. The zero-order valence-electron chi connectivity index (χ0n) is 11.4. The summed E-state index contributed by atoms with van der Waals surface area (Å²) in [6, 6.07) is 8.84. The molecule has 3 rings (SSSR count). The second-order valence-corrected chi connectivity index (χ2v) is 5.48. The molecule has 2 aromatic rings. The molecule has 0 amide bonds. The van der Waals surface area contributed by atoms with Crippen LogP contribution in [0, 0.1) is 0 Å². The van der Waals surface area contributed by atoms with Crippen molar-refractivity contribution in [2.45, 2.75) is 30.2 Å². The normalized spacial score (nSPS) is 35.9. The van der Waals surface area contributed by atoms with E-state index >= 15 is 0 Å². The van der Waals surface area contributed by atoms with E-state index in [0.29, 0.717) is 0 Å². The van der Waals surface area contributed by atoms with Crippen LogP contribution in [-0.2, 0) is 14.6 Å². The molecule has 0 aliphatic carbocycles. The van der Waals surface area contributed by atoms with Crippen molar-refractivity contribution in [2.75, 3.05) is 6.61 Å². The zero-order valence-corrected chi connectivity index (χ0v) is 12.1. The maximum absolute atomic E-state index is 10.9. The fraction of sp³-hybridized carbons (Fsp3) is 0.429. The Morgan fingerprint density at radius 2 is 2.00 bits per heavy atom. The number of aromatic nitrogens is 1. The van der Waals surface area contributed by atoms with Crippen LogP contribution >= 0.6 is 11.9 Å². The van der Waals surface area contributed by atoms with E-state index < -0.39 is 36.8 Å². The number of nitrogens with one attached hydrogen (secondary N) is 1. The van der Waals surface area contributed by atoms with Crippen molar-refractivity contribution in [3.63, 3.8) is 0 Å². The number of aliphatic hydroxyl groups excluding tert-OH is 3. The van der Waals surface area contributed by atoms with Gasteiger partial charge in [-0.25, -0.2) is 4.29 Å². The molecule has 8 heteroatoms. The number of ether oxygens (including phenoxy) is 1. The maximum atomic E-state index is 10.9. The van der Waals surface area contributed by atoms with Gasteiger partial charge in [0.05, 0.1) is 24.2 Å². The Bertz CT molecular complexity index is 613. The van der Waals surface area contributed by atoms with Crippen molar-refractivity contribution >= 4 is 22.8 Å². The molecule has 1 fully saturated rings. The zero-order chi connectivity index (χ0) is 15.9. The first kappa shape index (κ1) is 15.7. The summed E-state index contributed by atoms with van der Waals surface area (Å²) < 4.78 is 9.60. The summed E-state index contributed by atoms with van der Waals surface area (Å²) >= 11 is 5.27. The molecule has 0 bridgehead atoms. The monoisotopic (exact) mass is 329 g/mol. The van der Waals surface area contributed by atoms with Crippen LogP contribution in [0.4, 0.5) is 0 Å². The lowest BCUT2D eigenvalue weighted by Crippen LogP contribution is -2.65. The predicted molar refractivity (Wildman–Crippen MR) is 76.9 cm³/mol. The van der Waals surface area contributed by atoms with Crippen molar-refractivity contribution < 1.29 is 29.5 Å². The highest BCUT2D eigenvalue weighted by molar-refractivity contribution is 6.07. The number of fused-ring (bicyclic) bond motifs is 1. The molecule has 2 heterocycles. The van der Waals surface area contributed by atoms with Gasteiger partial charge in [-0.2, -0.15) is 0 Å². The number of hydrogen-bond acceptors (Lipinski definition) is 6. The molecule has 0 saturated carbocycles. The van der Waals surface area contributed by atoms with Crippen molar-refractivity contribution in [2.24, 2.45) is 0 Å². The predicted octanol–water partition coefficient (Wildman–Crippen LogP) is -0.0351. The lowest BCUT2D eigenvalue weighted by Gasteiger charge is -2.46. The van der Waals surface area contributed by atoms with Gasteiger partial charge in [0.1, 0.15) is 18.3 Å². The van der Waals surface area contributed by atoms with E-state index in [2.05, 4.69) is 9.27 Å². The first-order chi connectivity index (χ1) is 10.5. The van der Waals surface area contributed by atoms with Gasteiger partial charge in [-0.05, 0) is 17.5 Å². The van der Waals surface area contributed by atoms with E-state index in [0.717, 1.165) is 10.9 Å². The third-order valence-corrected chi connectivity index (χ3v) is 4.23. The summed E-state index contributed by atoms with van der Waals surface area (Å²) in [5, 5.41) is 41.6.